The van der Waals surface area contributed by atoms with Crippen LogP contribution in [-0.2, 0) is 4.79 Å². The van der Waals surface area contributed by atoms with Crippen LogP contribution in [0.25, 0.3) is 6.08 Å². The molecule has 0 aliphatic carbocycles. The van der Waals surface area contributed by atoms with Crippen molar-refractivity contribution in [2.75, 3.05) is 13.7 Å². The molecule has 0 spiro atoms. The van der Waals surface area contributed by atoms with Gasteiger partial charge in [0.15, 0.2) is 0 Å². The Morgan fingerprint density at radius 2 is 2.00 bits per heavy atom. The molecule has 2 rings (SSSR count). The Hall–Kier alpha value is -2.59. The number of benzene rings is 2. The van der Waals surface area contributed by atoms with Gasteiger partial charge in [0.1, 0.15) is 5.75 Å². The van der Waals surface area contributed by atoms with Crippen LogP contribution >= 0.6 is 0 Å². The summed E-state index contributed by atoms with van der Waals surface area (Å²) in [5.41, 5.74) is 1.65. The zero-order valence-electron chi connectivity index (χ0n) is 12.4. The van der Waals surface area contributed by atoms with Crippen molar-refractivity contribution in [2.45, 2.75) is 6.10 Å². The van der Waals surface area contributed by atoms with Crippen LogP contribution in [-0.4, -0.2) is 24.7 Å². The maximum atomic E-state index is 11.7. The van der Waals surface area contributed by atoms with E-state index >= 15 is 0 Å². The van der Waals surface area contributed by atoms with Crippen molar-refractivity contribution in [2.24, 2.45) is 0 Å². The molecule has 0 radical (unpaired) electrons. The smallest absolute Gasteiger partial charge is 0.244 e. The van der Waals surface area contributed by atoms with Crippen LogP contribution in [0, 0.1) is 0 Å². The fourth-order valence-corrected chi connectivity index (χ4v) is 1.96. The van der Waals surface area contributed by atoms with Crippen LogP contribution in [0.5, 0.6) is 5.75 Å². The molecule has 114 valence electrons. The third-order valence-corrected chi connectivity index (χ3v) is 3.17. The maximum absolute atomic E-state index is 11.7. The first-order chi connectivity index (χ1) is 10.7. The molecule has 1 atom stereocenters. The van der Waals surface area contributed by atoms with E-state index in [1.54, 1.807) is 37.5 Å². The largest absolute Gasteiger partial charge is 0.497 e. The Morgan fingerprint density at radius 3 is 2.73 bits per heavy atom. The van der Waals surface area contributed by atoms with Crippen LogP contribution < -0.4 is 10.1 Å². The normalized spacial score (nSPS) is 12.1. The van der Waals surface area contributed by atoms with Crippen molar-refractivity contribution in [1.29, 1.82) is 0 Å². The summed E-state index contributed by atoms with van der Waals surface area (Å²) in [6.07, 6.45) is 2.41. The van der Waals surface area contributed by atoms with Crippen molar-refractivity contribution in [3.8, 4) is 5.75 Å². The van der Waals surface area contributed by atoms with Gasteiger partial charge in [-0.1, -0.05) is 42.5 Å². The van der Waals surface area contributed by atoms with E-state index in [2.05, 4.69) is 5.32 Å². The Labute approximate surface area is 130 Å². The number of hydrogen-bond acceptors (Lipinski definition) is 3. The number of rotatable bonds is 6. The SMILES string of the molecule is COc1cccc([C@@H](O)CNC(=O)/C=C/c2ccccc2)c1. The number of ether oxygens (including phenoxy) is 1. The lowest BCUT2D eigenvalue weighted by Gasteiger charge is -2.12. The molecule has 0 fully saturated rings. The maximum Gasteiger partial charge on any atom is 0.244 e. The van der Waals surface area contributed by atoms with Crippen LogP contribution in [0.15, 0.2) is 60.7 Å². The van der Waals surface area contributed by atoms with Gasteiger partial charge in [-0.15, -0.1) is 0 Å². The van der Waals surface area contributed by atoms with Crippen molar-refractivity contribution in [1.82, 2.24) is 5.32 Å². The molecule has 0 unspecified atom stereocenters. The van der Waals surface area contributed by atoms with Crippen molar-refractivity contribution < 1.29 is 14.6 Å². The summed E-state index contributed by atoms with van der Waals surface area (Å²) < 4.78 is 5.11. The third kappa shape index (κ3) is 4.75. The molecule has 4 nitrogen and oxygen atoms in total. The second kappa shape index (κ2) is 8.00. The van der Waals surface area contributed by atoms with E-state index < -0.39 is 6.10 Å². The number of carbonyl (C=O) groups excluding carboxylic acids is 1. The number of aliphatic hydroxyl groups excluding tert-OH is 1. The van der Waals surface area contributed by atoms with Gasteiger partial charge in [0.2, 0.25) is 5.91 Å². The predicted octanol–water partition coefficient (Wildman–Crippen LogP) is 2.56. The van der Waals surface area contributed by atoms with Crippen LogP contribution in [0.2, 0.25) is 0 Å². The fourth-order valence-electron chi connectivity index (χ4n) is 1.96. The lowest BCUT2D eigenvalue weighted by Crippen LogP contribution is -2.26. The molecule has 2 aromatic rings. The molecule has 0 heterocycles. The summed E-state index contributed by atoms with van der Waals surface area (Å²) >= 11 is 0. The summed E-state index contributed by atoms with van der Waals surface area (Å²) in [5.74, 6) is 0.428. The predicted molar refractivity (Wildman–Crippen MR) is 86.4 cm³/mol. The second-order valence-electron chi connectivity index (χ2n) is 4.78. The van der Waals surface area contributed by atoms with E-state index in [1.807, 2.05) is 30.3 Å². The Bertz CT molecular complexity index is 638. The summed E-state index contributed by atoms with van der Waals surface area (Å²) in [6, 6.07) is 16.7. The molecule has 2 aromatic carbocycles. The molecule has 1 amide bonds. The monoisotopic (exact) mass is 297 g/mol. The van der Waals surface area contributed by atoms with Crippen molar-refractivity contribution >= 4 is 12.0 Å². The summed E-state index contributed by atoms with van der Waals surface area (Å²) in [7, 11) is 1.57. The first-order valence-electron chi connectivity index (χ1n) is 7.02. The number of methoxy groups -OCH3 is 1. The first-order valence-corrected chi connectivity index (χ1v) is 7.02. The minimum Gasteiger partial charge on any atom is -0.497 e. The number of nitrogens with one attached hydrogen (secondary N) is 1. The number of hydrogen-bond donors (Lipinski definition) is 2. The highest BCUT2D eigenvalue weighted by Crippen LogP contribution is 2.18. The minimum absolute atomic E-state index is 0.144. The lowest BCUT2D eigenvalue weighted by atomic mass is 10.1. The zero-order chi connectivity index (χ0) is 15.8. The molecule has 0 aliphatic heterocycles. The van der Waals surface area contributed by atoms with Gasteiger partial charge in [0.25, 0.3) is 0 Å². The van der Waals surface area contributed by atoms with Gasteiger partial charge >= 0.3 is 0 Å². The Balaban J connectivity index is 1.86. The Kier molecular flexibility index (Phi) is 5.74. The molecule has 0 bridgehead atoms. The second-order valence-corrected chi connectivity index (χ2v) is 4.78. The molecular weight excluding hydrogens is 278 g/mol. The summed E-state index contributed by atoms with van der Waals surface area (Å²) in [4.78, 5) is 11.7. The quantitative estimate of drug-likeness (QED) is 0.806. The van der Waals surface area contributed by atoms with Crippen LogP contribution in [0.1, 0.15) is 17.2 Å². The molecule has 0 saturated carbocycles. The van der Waals surface area contributed by atoms with E-state index in [0.29, 0.717) is 11.3 Å². The molecule has 4 heteroatoms. The highest BCUT2D eigenvalue weighted by molar-refractivity contribution is 5.91. The number of amides is 1. The van der Waals surface area contributed by atoms with E-state index in [-0.39, 0.29) is 12.5 Å². The molecule has 0 aliphatic rings. The first kappa shape index (κ1) is 15.8. The van der Waals surface area contributed by atoms with E-state index in [1.165, 1.54) is 6.08 Å². The average Bonchev–Trinajstić information content (AvgIpc) is 2.58. The topological polar surface area (TPSA) is 58.6 Å². The van der Waals surface area contributed by atoms with Gasteiger partial charge in [-0.2, -0.15) is 0 Å². The van der Waals surface area contributed by atoms with E-state index in [9.17, 15) is 9.90 Å². The summed E-state index contributed by atoms with van der Waals surface area (Å²) in [5, 5.41) is 12.8. The standard InChI is InChI=1S/C18H19NO3/c1-22-16-9-5-8-15(12-16)17(20)13-19-18(21)11-10-14-6-3-2-4-7-14/h2-12,17,20H,13H2,1H3,(H,19,21)/b11-10+/t17-/m0/s1. The number of carbonyl (C=O) groups is 1. The van der Waals surface area contributed by atoms with Gasteiger partial charge in [0.05, 0.1) is 13.2 Å². The fraction of sp³-hybridized carbons (Fsp3) is 0.167. The third-order valence-electron chi connectivity index (χ3n) is 3.17. The number of aliphatic hydroxyl groups is 1. The van der Waals surface area contributed by atoms with Gasteiger partial charge in [0, 0.05) is 12.6 Å². The Morgan fingerprint density at radius 1 is 1.23 bits per heavy atom. The minimum atomic E-state index is -0.774. The van der Waals surface area contributed by atoms with Gasteiger partial charge in [-0.3, -0.25) is 4.79 Å². The van der Waals surface area contributed by atoms with Gasteiger partial charge < -0.3 is 15.2 Å². The van der Waals surface area contributed by atoms with Crippen LogP contribution in [0.3, 0.4) is 0 Å². The lowest BCUT2D eigenvalue weighted by molar-refractivity contribution is -0.116. The zero-order valence-corrected chi connectivity index (χ0v) is 12.4. The molecule has 0 saturated heterocycles. The highest BCUT2D eigenvalue weighted by Gasteiger charge is 2.09. The summed E-state index contributed by atoms with van der Waals surface area (Å²) in [6.45, 7) is 0.144. The average molecular weight is 297 g/mol. The molecule has 0 aromatic heterocycles. The van der Waals surface area contributed by atoms with E-state index in [4.69, 9.17) is 4.74 Å². The van der Waals surface area contributed by atoms with Crippen LogP contribution in [0.4, 0.5) is 0 Å². The van der Waals surface area contributed by atoms with Gasteiger partial charge in [-0.05, 0) is 29.3 Å². The molecule has 22 heavy (non-hydrogen) atoms. The molecular formula is C18H19NO3. The van der Waals surface area contributed by atoms with Crippen molar-refractivity contribution in [3.05, 3.63) is 71.8 Å². The van der Waals surface area contributed by atoms with Gasteiger partial charge in [-0.25, -0.2) is 0 Å². The van der Waals surface area contributed by atoms with E-state index in [0.717, 1.165) is 5.56 Å². The molecule has 2 N–H and O–H groups in total. The highest BCUT2D eigenvalue weighted by atomic mass is 16.5. The van der Waals surface area contributed by atoms with Crippen molar-refractivity contribution in [3.63, 3.8) is 0 Å².